The van der Waals surface area contributed by atoms with Crippen molar-refractivity contribution in [2.24, 2.45) is 0 Å². The molecule has 1 aromatic heterocycles. The predicted molar refractivity (Wildman–Crippen MR) is 75.5 cm³/mol. The standard InChI is InChI=1S/C13H13ClN4O/c1-17-10(8-4-2-3-5-9(8)14)7-18-12(19)6-11(15)16-13(17)18/h2-6,10H,7,15H2,1H3. The van der Waals surface area contributed by atoms with E-state index in [0.29, 0.717) is 17.5 Å². The number of rotatable bonds is 1. The molecule has 0 bridgehead atoms. The van der Waals surface area contributed by atoms with Crippen LogP contribution in [0.1, 0.15) is 11.6 Å². The van der Waals surface area contributed by atoms with E-state index >= 15 is 0 Å². The number of fused-ring (bicyclic) bond motifs is 1. The molecule has 1 unspecified atom stereocenters. The van der Waals surface area contributed by atoms with Crippen LogP contribution < -0.4 is 16.2 Å². The molecule has 0 radical (unpaired) electrons. The van der Waals surface area contributed by atoms with Crippen LogP contribution in [0.2, 0.25) is 5.02 Å². The van der Waals surface area contributed by atoms with Crippen molar-refractivity contribution in [3.63, 3.8) is 0 Å². The van der Waals surface area contributed by atoms with Crippen molar-refractivity contribution < 1.29 is 0 Å². The molecule has 0 saturated carbocycles. The highest BCUT2D eigenvalue weighted by atomic mass is 35.5. The van der Waals surface area contributed by atoms with Crippen LogP contribution in [-0.4, -0.2) is 16.6 Å². The molecule has 0 aliphatic carbocycles. The van der Waals surface area contributed by atoms with E-state index in [-0.39, 0.29) is 17.4 Å². The van der Waals surface area contributed by atoms with Crippen LogP contribution in [0, 0.1) is 0 Å². The van der Waals surface area contributed by atoms with Gasteiger partial charge in [0.05, 0.1) is 12.6 Å². The van der Waals surface area contributed by atoms with Crippen LogP contribution in [0.3, 0.4) is 0 Å². The number of hydrogen-bond acceptors (Lipinski definition) is 4. The maximum Gasteiger partial charge on any atom is 0.257 e. The summed E-state index contributed by atoms with van der Waals surface area (Å²) in [6.07, 6.45) is 0. The summed E-state index contributed by atoms with van der Waals surface area (Å²) in [5, 5.41) is 0.688. The minimum absolute atomic E-state index is 0.00398. The lowest BCUT2D eigenvalue weighted by atomic mass is 10.1. The Labute approximate surface area is 115 Å². The number of benzene rings is 1. The van der Waals surface area contributed by atoms with Crippen LogP contribution in [0.4, 0.5) is 11.8 Å². The van der Waals surface area contributed by atoms with E-state index in [1.54, 1.807) is 4.57 Å². The largest absolute Gasteiger partial charge is 0.383 e. The third kappa shape index (κ3) is 1.86. The van der Waals surface area contributed by atoms with Gasteiger partial charge in [0.25, 0.3) is 5.56 Å². The summed E-state index contributed by atoms with van der Waals surface area (Å²) in [6.45, 7) is 0.529. The third-order valence-corrected chi connectivity index (χ3v) is 3.75. The number of aromatic nitrogens is 2. The Morgan fingerprint density at radius 2 is 2.16 bits per heavy atom. The molecule has 1 aliphatic heterocycles. The Morgan fingerprint density at radius 1 is 1.42 bits per heavy atom. The molecule has 2 N–H and O–H groups in total. The summed E-state index contributed by atoms with van der Waals surface area (Å²) in [5.41, 5.74) is 6.48. The van der Waals surface area contributed by atoms with E-state index in [1.165, 1.54) is 6.07 Å². The predicted octanol–water partition coefficient (Wildman–Crippen LogP) is 1.67. The molecule has 0 spiro atoms. The molecular weight excluding hydrogens is 264 g/mol. The van der Waals surface area contributed by atoms with Gasteiger partial charge >= 0.3 is 0 Å². The van der Waals surface area contributed by atoms with Crippen molar-refractivity contribution in [2.75, 3.05) is 17.7 Å². The summed E-state index contributed by atoms with van der Waals surface area (Å²) in [4.78, 5) is 18.1. The van der Waals surface area contributed by atoms with Gasteiger partial charge in [0.1, 0.15) is 5.82 Å². The van der Waals surface area contributed by atoms with Gasteiger partial charge in [0, 0.05) is 18.1 Å². The van der Waals surface area contributed by atoms with E-state index in [9.17, 15) is 4.79 Å². The Bertz CT molecular complexity index is 697. The van der Waals surface area contributed by atoms with E-state index in [0.717, 1.165) is 5.56 Å². The van der Waals surface area contributed by atoms with Crippen molar-refractivity contribution in [3.8, 4) is 0 Å². The summed E-state index contributed by atoms with van der Waals surface area (Å²) in [7, 11) is 1.89. The van der Waals surface area contributed by atoms with Crippen LogP contribution in [0.15, 0.2) is 35.1 Å². The van der Waals surface area contributed by atoms with Crippen LogP contribution in [0.25, 0.3) is 0 Å². The number of likely N-dealkylation sites (N-methyl/N-ethyl adjacent to an activating group) is 1. The Balaban J connectivity index is 2.09. The number of hydrogen-bond donors (Lipinski definition) is 1. The van der Waals surface area contributed by atoms with Crippen molar-refractivity contribution >= 4 is 23.4 Å². The first-order valence-corrected chi connectivity index (χ1v) is 6.30. The van der Waals surface area contributed by atoms with Gasteiger partial charge in [-0.05, 0) is 11.6 Å². The molecule has 0 fully saturated rings. The Morgan fingerprint density at radius 3 is 2.89 bits per heavy atom. The molecule has 1 atom stereocenters. The lowest BCUT2D eigenvalue weighted by molar-refractivity contribution is 0.628. The topological polar surface area (TPSA) is 64.2 Å². The smallest absolute Gasteiger partial charge is 0.257 e. The highest BCUT2D eigenvalue weighted by Crippen LogP contribution is 2.35. The molecule has 19 heavy (non-hydrogen) atoms. The summed E-state index contributed by atoms with van der Waals surface area (Å²) < 4.78 is 1.62. The molecule has 2 heterocycles. The van der Waals surface area contributed by atoms with Gasteiger partial charge in [-0.2, -0.15) is 4.98 Å². The minimum Gasteiger partial charge on any atom is -0.383 e. The number of nitrogens with zero attached hydrogens (tertiary/aromatic N) is 3. The molecule has 6 heteroatoms. The fourth-order valence-corrected chi connectivity index (χ4v) is 2.70. The first kappa shape index (κ1) is 12.0. The Kier molecular flexibility index (Phi) is 2.71. The molecule has 5 nitrogen and oxygen atoms in total. The van der Waals surface area contributed by atoms with Gasteiger partial charge in [-0.1, -0.05) is 29.8 Å². The number of nitrogen functional groups attached to an aromatic ring is 1. The van der Waals surface area contributed by atoms with Gasteiger partial charge in [-0.3, -0.25) is 9.36 Å². The molecule has 1 aromatic carbocycles. The second-order valence-electron chi connectivity index (χ2n) is 4.58. The van der Waals surface area contributed by atoms with Gasteiger partial charge in [-0.15, -0.1) is 0 Å². The van der Waals surface area contributed by atoms with Crippen LogP contribution in [0.5, 0.6) is 0 Å². The highest BCUT2D eigenvalue weighted by molar-refractivity contribution is 6.31. The average Bonchev–Trinajstić information content (AvgIpc) is 2.68. The first-order chi connectivity index (χ1) is 9.08. The summed E-state index contributed by atoms with van der Waals surface area (Å²) in [5.74, 6) is 0.817. The van der Waals surface area contributed by atoms with Crippen LogP contribution in [-0.2, 0) is 6.54 Å². The average molecular weight is 277 g/mol. The number of anilines is 2. The minimum atomic E-state index is -0.135. The van der Waals surface area contributed by atoms with Crippen molar-refractivity contribution in [1.29, 1.82) is 0 Å². The van der Waals surface area contributed by atoms with Crippen molar-refractivity contribution in [3.05, 3.63) is 51.3 Å². The van der Waals surface area contributed by atoms with E-state index in [2.05, 4.69) is 4.98 Å². The van der Waals surface area contributed by atoms with Gasteiger partial charge in [0.2, 0.25) is 5.95 Å². The van der Waals surface area contributed by atoms with E-state index in [1.807, 2.05) is 36.2 Å². The summed E-state index contributed by atoms with van der Waals surface area (Å²) in [6, 6.07) is 8.96. The van der Waals surface area contributed by atoms with E-state index in [4.69, 9.17) is 17.3 Å². The second kappa shape index (κ2) is 4.28. The maximum atomic E-state index is 11.9. The van der Waals surface area contributed by atoms with Gasteiger partial charge in [0.15, 0.2) is 0 Å². The Hall–Kier alpha value is -2.01. The highest BCUT2D eigenvalue weighted by Gasteiger charge is 2.31. The third-order valence-electron chi connectivity index (χ3n) is 3.41. The second-order valence-corrected chi connectivity index (χ2v) is 4.99. The monoisotopic (exact) mass is 276 g/mol. The van der Waals surface area contributed by atoms with Crippen LogP contribution >= 0.6 is 11.6 Å². The van der Waals surface area contributed by atoms with Crippen molar-refractivity contribution in [1.82, 2.24) is 9.55 Å². The first-order valence-electron chi connectivity index (χ1n) is 5.92. The summed E-state index contributed by atoms with van der Waals surface area (Å²) >= 11 is 6.22. The fraction of sp³-hybridized carbons (Fsp3) is 0.231. The maximum absolute atomic E-state index is 11.9. The fourth-order valence-electron chi connectivity index (χ4n) is 2.44. The molecule has 3 rings (SSSR count). The molecule has 98 valence electrons. The number of nitrogens with two attached hydrogens (primary N) is 1. The molecule has 0 amide bonds. The zero-order valence-electron chi connectivity index (χ0n) is 10.4. The van der Waals surface area contributed by atoms with Gasteiger partial charge < -0.3 is 10.6 Å². The van der Waals surface area contributed by atoms with E-state index < -0.39 is 0 Å². The lowest BCUT2D eigenvalue weighted by Gasteiger charge is -2.21. The quantitative estimate of drug-likeness (QED) is 0.861. The normalized spacial score (nSPS) is 17.6. The number of halogens is 1. The molecule has 2 aromatic rings. The molecule has 1 aliphatic rings. The molecular formula is C13H13ClN4O. The zero-order chi connectivity index (χ0) is 13.6. The SMILES string of the molecule is CN1c2nc(N)cc(=O)n2CC1c1ccccc1Cl. The molecule has 0 saturated heterocycles. The lowest BCUT2D eigenvalue weighted by Crippen LogP contribution is -2.21. The van der Waals surface area contributed by atoms with Crippen molar-refractivity contribution in [2.45, 2.75) is 12.6 Å². The van der Waals surface area contributed by atoms with Gasteiger partial charge in [-0.25, -0.2) is 0 Å². The zero-order valence-corrected chi connectivity index (χ0v) is 11.1.